The second-order valence-corrected chi connectivity index (χ2v) is 3.41. The van der Waals surface area contributed by atoms with Gasteiger partial charge in [0.15, 0.2) is 0 Å². The Kier molecular flexibility index (Phi) is 2.49. The third-order valence-electron chi connectivity index (χ3n) is 1.87. The second kappa shape index (κ2) is 3.82. The van der Waals surface area contributed by atoms with Crippen molar-refractivity contribution in [3.8, 4) is 5.69 Å². The van der Waals surface area contributed by atoms with Crippen LogP contribution in [0.3, 0.4) is 0 Å². The number of carboxylic acid groups (broad SMARTS) is 1. The third-order valence-corrected chi connectivity index (χ3v) is 2.11. The van der Waals surface area contributed by atoms with Gasteiger partial charge in [-0.05, 0) is 18.2 Å². The summed E-state index contributed by atoms with van der Waals surface area (Å²) in [6, 6.07) is 6.38. The first-order valence-corrected chi connectivity index (χ1v) is 4.64. The Balaban J connectivity index is 2.56. The highest BCUT2D eigenvalue weighted by Crippen LogP contribution is 2.12. The smallest absolute Gasteiger partial charge is 0.373 e. The van der Waals surface area contributed by atoms with Gasteiger partial charge in [0.25, 0.3) is 0 Å². The Morgan fingerprint density at radius 1 is 1.50 bits per heavy atom. The highest BCUT2D eigenvalue weighted by molar-refractivity contribution is 6.30. The van der Waals surface area contributed by atoms with Gasteiger partial charge in [0, 0.05) is 5.02 Å². The molecule has 1 aromatic heterocycles. The van der Waals surface area contributed by atoms with Gasteiger partial charge in [-0.1, -0.05) is 17.7 Å². The molecule has 0 radical (unpaired) electrons. The fraction of sp³-hybridized carbons (Fsp3) is 0. The van der Waals surface area contributed by atoms with Crippen LogP contribution in [0, 0.1) is 0 Å². The lowest BCUT2D eigenvalue weighted by Crippen LogP contribution is -2.15. The van der Waals surface area contributed by atoms with E-state index in [2.05, 4.69) is 10.1 Å². The Labute approximate surface area is 94.1 Å². The maximum absolute atomic E-state index is 11.4. The molecule has 16 heavy (non-hydrogen) atoms. The Hall–Kier alpha value is -2.08. The lowest BCUT2D eigenvalue weighted by molar-refractivity contribution is 0.0683. The average Bonchev–Trinajstić information content (AvgIpc) is 2.60. The van der Waals surface area contributed by atoms with Crippen LogP contribution in [0.1, 0.15) is 10.6 Å². The number of carboxylic acids is 1. The molecule has 0 unspecified atom stereocenters. The normalized spacial score (nSPS) is 10.3. The van der Waals surface area contributed by atoms with Crippen molar-refractivity contribution in [3.05, 3.63) is 45.6 Å². The van der Waals surface area contributed by atoms with Gasteiger partial charge >= 0.3 is 11.7 Å². The van der Waals surface area contributed by atoms with Gasteiger partial charge in [0.05, 0.1) is 5.69 Å². The van der Waals surface area contributed by atoms with Crippen molar-refractivity contribution in [1.82, 2.24) is 14.8 Å². The topological polar surface area (TPSA) is 88.0 Å². The van der Waals surface area contributed by atoms with Crippen LogP contribution in [0.2, 0.25) is 5.02 Å². The number of aromatic nitrogens is 3. The van der Waals surface area contributed by atoms with E-state index in [1.54, 1.807) is 18.2 Å². The number of nitrogens with zero attached hydrogens (tertiary/aromatic N) is 2. The fourth-order valence-corrected chi connectivity index (χ4v) is 1.39. The molecule has 0 aliphatic carbocycles. The Bertz CT molecular complexity index is 602. The molecule has 82 valence electrons. The number of carbonyl (C=O) groups is 1. The molecule has 0 saturated carbocycles. The van der Waals surface area contributed by atoms with Crippen LogP contribution in [0.15, 0.2) is 29.1 Å². The third kappa shape index (κ3) is 1.82. The van der Waals surface area contributed by atoms with Gasteiger partial charge in [-0.2, -0.15) is 4.68 Å². The first kappa shape index (κ1) is 10.4. The lowest BCUT2D eigenvalue weighted by atomic mass is 10.3. The van der Waals surface area contributed by atoms with Crippen molar-refractivity contribution in [2.24, 2.45) is 0 Å². The van der Waals surface area contributed by atoms with Crippen molar-refractivity contribution in [1.29, 1.82) is 0 Å². The lowest BCUT2D eigenvalue weighted by Gasteiger charge is -1.98. The Morgan fingerprint density at radius 2 is 2.25 bits per heavy atom. The second-order valence-electron chi connectivity index (χ2n) is 2.98. The van der Waals surface area contributed by atoms with E-state index in [0.29, 0.717) is 10.7 Å². The number of aromatic amines is 1. The summed E-state index contributed by atoms with van der Waals surface area (Å²) in [5.41, 5.74) is -0.221. The number of nitrogens with one attached hydrogen (secondary N) is 1. The number of H-pyrrole nitrogens is 1. The molecular formula is C9H6ClN3O3. The van der Waals surface area contributed by atoms with Crippen molar-refractivity contribution >= 4 is 17.6 Å². The summed E-state index contributed by atoms with van der Waals surface area (Å²) in [5, 5.41) is 12.7. The maximum atomic E-state index is 11.4. The standard InChI is InChI=1S/C9H6ClN3O3/c10-5-2-1-3-6(4-5)13-9(16)11-7(12-13)8(14)15/h1-4H,(H,14,15)(H,11,12,16). The van der Waals surface area contributed by atoms with Gasteiger partial charge in [0.2, 0.25) is 5.82 Å². The fourth-order valence-electron chi connectivity index (χ4n) is 1.20. The molecule has 7 heteroatoms. The van der Waals surface area contributed by atoms with Gasteiger partial charge in [-0.25, -0.2) is 9.59 Å². The summed E-state index contributed by atoms with van der Waals surface area (Å²) >= 11 is 5.75. The van der Waals surface area contributed by atoms with Gasteiger partial charge in [0.1, 0.15) is 0 Å². The van der Waals surface area contributed by atoms with Crippen LogP contribution in [0.5, 0.6) is 0 Å². The number of hydrogen-bond donors (Lipinski definition) is 2. The van der Waals surface area contributed by atoms with Crippen LogP contribution < -0.4 is 5.69 Å². The van der Waals surface area contributed by atoms with Gasteiger partial charge in [-0.3, -0.25) is 4.98 Å². The molecule has 6 nitrogen and oxygen atoms in total. The molecular weight excluding hydrogens is 234 g/mol. The Morgan fingerprint density at radius 3 is 2.81 bits per heavy atom. The van der Waals surface area contributed by atoms with E-state index in [-0.39, 0.29) is 0 Å². The first-order chi connectivity index (χ1) is 7.58. The summed E-state index contributed by atoms with van der Waals surface area (Å²) in [6.07, 6.45) is 0. The zero-order valence-corrected chi connectivity index (χ0v) is 8.60. The number of halogens is 1. The molecule has 0 fully saturated rings. The van der Waals surface area contributed by atoms with Crippen molar-refractivity contribution in [2.45, 2.75) is 0 Å². The summed E-state index contributed by atoms with van der Waals surface area (Å²) in [4.78, 5) is 24.1. The van der Waals surface area contributed by atoms with E-state index < -0.39 is 17.5 Å². The van der Waals surface area contributed by atoms with E-state index in [1.807, 2.05) is 0 Å². The monoisotopic (exact) mass is 239 g/mol. The summed E-state index contributed by atoms with van der Waals surface area (Å²) in [5.74, 6) is -1.71. The van der Waals surface area contributed by atoms with Gasteiger partial charge in [-0.15, -0.1) is 5.10 Å². The molecule has 0 atom stereocenters. The molecule has 2 rings (SSSR count). The largest absolute Gasteiger partial charge is 0.475 e. The van der Waals surface area contributed by atoms with Gasteiger partial charge < -0.3 is 5.11 Å². The van der Waals surface area contributed by atoms with E-state index in [0.717, 1.165) is 4.68 Å². The number of hydrogen-bond acceptors (Lipinski definition) is 3. The van der Waals surface area contributed by atoms with Crippen LogP contribution >= 0.6 is 11.6 Å². The molecule has 0 amide bonds. The zero-order chi connectivity index (χ0) is 11.7. The zero-order valence-electron chi connectivity index (χ0n) is 7.85. The summed E-state index contributed by atoms with van der Waals surface area (Å²) < 4.78 is 0.940. The quantitative estimate of drug-likeness (QED) is 0.815. The van der Waals surface area contributed by atoms with Crippen LogP contribution in [-0.2, 0) is 0 Å². The maximum Gasteiger partial charge on any atom is 0.373 e. The minimum Gasteiger partial charge on any atom is -0.475 e. The summed E-state index contributed by atoms with van der Waals surface area (Å²) in [7, 11) is 0. The molecule has 0 aliphatic rings. The van der Waals surface area contributed by atoms with E-state index in [1.165, 1.54) is 6.07 Å². The molecule has 2 N–H and O–H groups in total. The first-order valence-electron chi connectivity index (χ1n) is 4.26. The van der Waals surface area contributed by atoms with Crippen molar-refractivity contribution in [2.75, 3.05) is 0 Å². The minimum atomic E-state index is -1.29. The predicted molar refractivity (Wildman–Crippen MR) is 56.2 cm³/mol. The number of benzene rings is 1. The molecule has 1 aromatic carbocycles. The van der Waals surface area contributed by atoms with E-state index in [9.17, 15) is 9.59 Å². The van der Waals surface area contributed by atoms with E-state index >= 15 is 0 Å². The molecule has 2 aromatic rings. The molecule has 0 aliphatic heterocycles. The molecule has 0 bridgehead atoms. The highest BCUT2D eigenvalue weighted by Gasteiger charge is 2.12. The SMILES string of the molecule is O=C(O)c1nn(-c2cccc(Cl)c2)c(=O)[nH]1. The summed E-state index contributed by atoms with van der Waals surface area (Å²) in [6.45, 7) is 0. The van der Waals surface area contributed by atoms with Crippen LogP contribution in [0.25, 0.3) is 5.69 Å². The highest BCUT2D eigenvalue weighted by atomic mass is 35.5. The average molecular weight is 240 g/mol. The molecule has 0 saturated heterocycles. The number of aromatic carboxylic acids is 1. The predicted octanol–water partition coefficient (Wildman–Crippen LogP) is 0.912. The number of rotatable bonds is 2. The minimum absolute atomic E-state index is 0.404. The van der Waals surface area contributed by atoms with E-state index in [4.69, 9.17) is 16.7 Å². The van der Waals surface area contributed by atoms with Crippen molar-refractivity contribution in [3.63, 3.8) is 0 Å². The molecule has 0 spiro atoms. The van der Waals surface area contributed by atoms with Crippen LogP contribution in [0.4, 0.5) is 0 Å². The van der Waals surface area contributed by atoms with Crippen molar-refractivity contribution < 1.29 is 9.90 Å². The van der Waals surface area contributed by atoms with Crippen LogP contribution in [-0.4, -0.2) is 25.8 Å². The molecule has 1 heterocycles.